The maximum absolute atomic E-state index is 13.6. The number of carbonyl (C=O) groups is 2. The van der Waals surface area contributed by atoms with Crippen LogP contribution in [0.2, 0.25) is 0 Å². The fraction of sp³-hybridized carbons (Fsp3) is 0.529. The Morgan fingerprint density at radius 3 is 2.59 bits per heavy atom. The van der Waals surface area contributed by atoms with E-state index < -0.39 is 11.2 Å². The largest absolute Gasteiger partial charge is 0.341 e. The summed E-state index contributed by atoms with van der Waals surface area (Å²) < 4.78 is 13.6. The summed E-state index contributed by atoms with van der Waals surface area (Å²) >= 11 is 0. The highest BCUT2D eigenvalue weighted by Crippen LogP contribution is 2.24. The molecule has 1 N–H and O–H groups in total. The number of likely N-dealkylation sites (tertiary alicyclic amines) is 1. The Balaban J connectivity index is 2.02. The number of hydrogen-bond donors (Lipinski definition) is 1. The predicted molar refractivity (Wildman–Crippen MR) is 83.8 cm³/mol. The van der Waals surface area contributed by atoms with E-state index in [4.69, 9.17) is 0 Å². The number of rotatable bonds is 2. The summed E-state index contributed by atoms with van der Waals surface area (Å²) in [5, 5.41) is 2.63. The highest BCUT2D eigenvalue weighted by Gasteiger charge is 2.33. The molecule has 1 fully saturated rings. The molecule has 0 bridgehead atoms. The van der Waals surface area contributed by atoms with Crippen molar-refractivity contribution >= 4 is 17.5 Å². The Labute approximate surface area is 130 Å². The molecule has 1 atom stereocenters. The molecule has 2 rings (SSSR count). The van der Waals surface area contributed by atoms with Crippen LogP contribution in [0, 0.1) is 17.2 Å². The van der Waals surface area contributed by atoms with Crippen molar-refractivity contribution in [2.75, 3.05) is 18.4 Å². The van der Waals surface area contributed by atoms with Crippen molar-refractivity contribution in [2.24, 2.45) is 11.3 Å². The Kier molecular flexibility index (Phi) is 4.84. The molecule has 0 unspecified atom stereocenters. The van der Waals surface area contributed by atoms with E-state index in [0.29, 0.717) is 19.5 Å². The average molecular weight is 306 g/mol. The third-order valence-corrected chi connectivity index (χ3v) is 3.85. The molecular weight excluding hydrogens is 283 g/mol. The molecule has 1 aliphatic rings. The molecule has 1 aromatic carbocycles. The van der Waals surface area contributed by atoms with Gasteiger partial charge in [-0.1, -0.05) is 32.9 Å². The van der Waals surface area contributed by atoms with E-state index in [1.807, 2.05) is 20.8 Å². The third-order valence-electron chi connectivity index (χ3n) is 3.85. The summed E-state index contributed by atoms with van der Waals surface area (Å²) in [4.78, 5) is 26.4. The van der Waals surface area contributed by atoms with Crippen molar-refractivity contribution in [3.8, 4) is 0 Å². The average Bonchev–Trinajstić information content (AvgIpc) is 2.48. The highest BCUT2D eigenvalue weighted by atomic mass is 19.1. The van der Waals surface area contributed by atoms with E-state index in [0.717, 1.165) is 6.42 Å². The van der Waals surface area contributed by atoms with Crippen LogP contribution in [0.5, 0.6) is 0 Å². The van der Waals surface area contributed by atoms with Crippen molar-refractivity contribution in [3.63, 3.8) is 0 Å². The smallest absolute Gasteiger partial charge is 0.229 e. The lowest BCUT2D eigenvalue weighted by molar-refractivity contribution is -0.142. The lowest BCUT2D eigenvalue weighted by Gasteiger charge is -2.35. The maximum Gasteiger partial charge on any atom is 0.229 e. The van der Waals surface area contributed by atoms with Gasteiger partial charge < -0.3 is 10.2 Å². The number of halogens is 1. The summed E-state index contributed by atoms with van der Waals surface area (Å²) in [6.45, 7) is 6.70. The maximum atomic E-state index is 13.6. The molecule has 0 aromatic heterocycles. The van der Waals surface area contributed by atoms with Crippen LogP contribution in [0.25, 0.3) is 0 Å². The number of benzene rings is 1. The third kappa shape index (κ3) is 3.84. The molecule has 4 nitrogen and oxygen atoms in total. The van der Waals surface area contributed by atoms with Gasteiger partial charge >= 0.3 is 0 Å². The van der Waals surface area contributed by atoms with Gasteiger partial charge in [-0.05, 0) is 25.0 Å². The minimum atomic E-state index is -0.454. The molecule has 0 saturated carbocycles. The van der Waals surface area contributed by atoms with Gasteiger partial charge in [0.05, 0.1) is 11.6 Å². The first-order valence-corrected chi connectivity index (χ1v) is 7.64. The number of anilines is 1. The molecule has 22 heavy (non-hydrogen) atoms. The van der Waals surface area contributed by atoms with E-state index in [-0.39, 0.29) is 23.4 Å². The van der Waals surface area contributed by atoms with E-state index in [9.17, 15) is 14.0 Å². The van der Waals surface area contributed by atoms with Crippen LogP contribution < -0.4 is 5.32 Å². The SMILES string of the molecule is CC(C)(C)C(=O)N1CCC[C@H](C(=O)Nc2ccccc2F)C1. The van der Waals surface area contributed by atoms with E-state index >= 15 is 0 Å². The van der Waals surface area contributed by atoms with Crippen molar-refractivity contribution in [3.05, 3.63) is 30.1 Å². The van der Waals surface area contributed by atoms with E-state index in [2.05, 4.69) is 5.32 Å². The second kappa shape index (κ2) is 6.46. The van der Waals surface area contributed by atoms with Gasteiger partial charge in [0, 0.05) is 18.5 Å². The molecular formula is C17H23FN2O2. The van der Waals surface area contributed by atoms with Crippen molar-refractivity contribution < 1.29 is 14.0 Å². The number of nitrogens with zero attached hydrogens (tertiary/aromatic N) is 1. The molecule has 5 heteroatoms. The van der Waals surface area contributed by atoms with Crippen LogP contribution in [0.1, 0.15) is 33.6 Å². The standard InChI is InChI=1S/C17H23FN2O2/c1-17(2,3)16(22)20-10-6-7-12(11-20)15(21)19-14-9-5-4-8-13(14)18/h4-5,8-9,12H,6-7,10-11H2,1-3H3,(H,19,21)/t12-/m0/s1. The number of piperidine rings is 1. The molecule has 0 aliphatic carbocycles. The van der Waals surface area contributed by atoms with Gasteiger partial charge in [0.25, 0.3) is 0 Å². The Morgan fingerprint density at radius 2 is 1.95 bits per heavy atom. The molecule has 1 aliphatic heterocycles. The number of nitrogens with one attached hydrogen (secondary N) is 1. The zero-order valence-corrected chi connectivity index (χ0v) is 13.4. The number of para-hydroxylation sites is 1. The Hall–Kier alpha value is -1.91. The summed E-state index contributed by atoms with van der Waals surface area (Å²) in [5.41, 5.74) is -0.268. The summed E-state index contributed by atoms with van der Waals surface area (Å²) in [6, 6.07) is 6.10. The zero-order chi connectivity index (χ0) is 16.3. The van der Waals surface area contributed by atoms with Gasteiger partial charge in [-0.25, -0.2) is 4.39 Å². The summed E-state index contributed by atoms with van der Waals surface area (Å²) in [7, 11) is 0. The van der Waals surface area contributed by atoms with Crippen LogP contribution >= 0.6 is 0 Å². The molecule has 1 aromatic rings. The highest BCUT2D eigenvalue weighted by molar-refractivity contribution is 5.93. The number of carbonyl (C=O) groups excluding carboxylic acids is 2. The normalized spacial score (nSPS) is 18.9. The van der Waals surface area contributed by atoms with Gasteiger partial charge in [-0.15, -0.1) is 0 Å². The summed E-state index contributed by atoms with van der Waals surface area (Å²) in [6.07, 6.45) is 1.51. The monoisotopic (exact) mass is 306 g/mol. The first-order chi connectivity index (χ1) is 10.3. The Bertz CT molecular complexity index is 566. The van der Waals surface area contributed by atoms with Gasteiger partial charge in [0.2, 0.25) is 11.8 Å². The van der Waals surface area contributed by atoms with Crippen LogP contribution in [-0.2, 0) is 9.59 Å². The van der Waals surface area contributed by atoms with Crippen LogP contribution in [0.4, 0.5) is 10.1 Å². The van der Waals surface area contributed by atoms with Crippen LogP contribution in [0.3, 0.4) is 0 Å². The fourth-order valence-electron chi connectivity index (χ4n) is 2.65. The molecule has 2 amide bonds. The fourth-order valence-corrected chi connectivity index (χ4v) is 2.65. The van der Waals surface area contributed by atoms with Crippen molar-refractivity contribution in [1.29, 1.82) is 0 Å². The summed E-state index contributed by atoms with van der Waals surface area (Å²) in [5.74, 6) is -0.915. The van der Waals surface area contributed by atoms with Gasteiger partial charge in [0.1, 0.15) is 5.82 Å². The predicted octanol–water partition coefficient (Wildman–Crippen LogP) is 3.05. The molecule has 1 heterocycles. The minimum Gasteiger partial charge on any atom is -0.341 e. The Morgan fingerprint density at radius 1 is 1.27 bits per heavy atom. The van der Waals surface area contributed by atoms with E-state index in [1.165, 1.54) is 12.1 Å². The molecule has 0 radical (unpaired) electrons. The van der Waals surface area contributed by atoms with Crippen LogP contribution in [0.15, 0.2) is 24.3 Å². The van der Waals surface area contributed by atoms with Gasteiger partial charge in [0.15, 0.2) is 0 Å². The minimum absolute atomic E-state index is 0.0518. The lowest BCUT2D eigenvalue weighted by atomic mass is 9.91. The first kappa shape index (κ1) is 16.5. The second-order valence-corrected chi connectivity index (χ2v) is 6.81. The zero-order valence-electron chi connectivity index (χ0n) is 13.4. The molecule has 120 valence electrons. The number of hydrogen-bond acceptors (Lipinski definition) is 2. The van der Waals surface area contributed by atoms with Crippen molar-refractivity contribution in [2.45, 2.75) is 33.6 Å². The molecule has 1 saturated heterocycles. The lowest BCUT2D eigenvalue weighted by Crippen LogP contribution is -2.47. The van der Waals surface area contributed by atoms with Crippen LogP contribution in [-0.4, -0.2) is 29.8 Å². The molecule has 0 spiro atoms. The van der Waals surface area contributed by atoms with Gasteiger partial charge in [-0.3, -0.25) is 9.59 Å². The quantitative estimate of drug-likeness (QED) is 0.913. The van der Waals surface area contributed by atoms with E-state index in [1.54, 1.807) is 17.0 Å². The van der Waals surface area contributed by atoms with Gasteiger partial charge in [-0.2, -0.15) is 0 Å². The first-order valence-electron chi connectivity index (χ1n) is 7.64. The topological polar surface area (TPSA) is 49.4 Å². The van der Waals surface area contributed by atoms with Crippen molar-refractivity contribution in [1.82, 2.24) is 4.90 Å². The number of amides is 2. The second-order valence-electron chi connectivity index (χ2n) is 6.81.